The molecule has 0 radical (unpaired) electrons. The lowest BCUT2D eigenvalue weighted by atomic mass is 9.90. The minimum atomic E-state index is -1.01. The van der Waals surface area contributed by atoms with Crippen molar-refractivity contribution >= 4 is 23.1 Å². The molecule has 0 saturated heterocycles. The monoisotopic (exact) mass is 497 g/mol. The van der Waals surface area contributed by atoms with Crippen LogP contribution < -0.4 is 24.7 Å². The molecule has 3 N–H and O–H groups in total. The van der Waals surface area contributed by atoms with E-state index in [0.29, 0.717) is 52.5 Å². The number of rotatable bonds is 11. The molecule has 0 aliphatic heterocycles. The average molecular weight is 498 g/mol. The second kappa shape index (κ2) is 11.7. The van der Waals surface area contributed by atoms with Gasteiger partial charge in [0.15, 0.2) is 23.1 Å². The van der Waals surface area contributed by atoms with Gasteiger partial charge in [-0.15, -0.1) is 0 Å². The van der Waals surface area contributed by atoms with E-state index in [-0.39, 0.29) is 30.8 Å². The predicted molar refractivity (Wildman–Crippen MR) is 133 cm³/mol. The van der Waals surface area contributed by atoms with E-state index in [2.05, 4.69) is 0 Å². The number of carboxylic acid groups (broad SMARTS) is 1. The van der Waals surface area contributed by atoms with E-state index in [4.69, 9.17) is 29.8 Å². The Morgan fingerprint density at radius 1 is 0.972 bits per heavy atom. The fourth-order valence-corrected chi connectivity index (χ4v) is 4.35. The van der Waals surface area contributed by atoms with Crippen LogP contribution in [0.1, 0.15) is 41.5 Å². The number of carboxylic acids is 1. The molecular weight excluding hydrogens is 466 g/mol. The van der Waals surface area contributed by atoms with Crippen LogP contribution in [-0.2, 0) is 27.2 Å². The lowest BCUT2D eigenvalue weighted by Crippen LogP contribution is -2.32. The van der Waals surface area contributed by atoms with Crippen LogP contribution in [0.5, 0.6) is 23.0 Å². The molecule has 0 bridgehead atoms. The smallest absolute Gasteiger partial charge is 0.303 e. The highest BCUT2D eigenvalue weighted by Crippen LogP contribution is 2.46. The molecule has 192 valence electrons. The van der Waals surface area contributed by atoms with Gasteiger partial charge >= 0.3 is 5.97 Å². The third-order valence-electron chi connectivity index (χ3n) is 6.19. The summed E-state index contributed by atoms with van der Waals surface area (Å²) >= 11 is 0. The Hall–Kier alpha value is -3.85. The van der Waals surface area contributed by atoms with E-state index >= 15 is 0 Å². The van der Waals surface area contributed by atoms with Crippen LogP contribution in [0.3, 0.4) is 0 Å². The van der Waals surface area contributed by atoms with Crippen LogP contribution >= 0.6 is 0 Å². The Bertz CT molecular complexity index is 1200. The molecule has 1 atom stereocenters. The summed E-state index contributed by atoms with van der Waals surface area (Å²) in [6, 6.07) is 6.24. The number of methoxy groups -OCH3 is 4. The fourth-order valence-electron chi connectivity index (χ4n) is 4.35. The molecule has 2 aromatic carbocycles. The number of carbonyl (C=O) groups excluding carboxylic acids is 2. The van der Waals surface area contributed by atoms with Crippen LogP contribution in [0, 0.1) is 0 Å². The number of aliphatic carboxylic acids is 1. The number of hydrogen-bond acceptors (Lipinski definition) is 8. The zero-order chi connectivity index (χ0) is 26.4. The summed E-state index contributed by atoms with van der Waals surface area (Å²) in [5.41, 5.74) is 9.44. The maximum atomic E-state index is 12.7. The van der Waals surface area contributed by atoms with E-state index in [1.807, 2.05) is 12.1 Å². The van der Waals surface area contributed by atoms with Gasteiger partial charge in [0.1, 0.15) is 5.75 Å². The van der Waals surface area contributed by atoms with Gasteiger partial charge in [-0.2, -0.15) is 0 Å². The van der Waals surface area contributed by atoms with Crippen molar-refractivity contribution < 1.29 is 38.4 Å². The van der Waals surface area contributed by atoms with Gasteiger partial charge < -0.3 is 29.8 Å². The molecule has 0 unspecified atom stereocenters. The molecule has 0 spiro atoms. The Kier molecular flexibility index (Phi) is 8.71. The fraction of sp³-hybridized carbons (Fsp3) is 0.370. The predicted octanol–water partition coefficient (Wildman–Crippen LogP) is 2.97. The summed E-state index contributed by atoms with van der Waals surface area (Å²) in [4.78, 5) is 36.3. The maximum Gasteiger partial charge on any atom is 0.303 e. The molecule has 0 saturated carbocycles. The second-order valence-electron chi connectivity index (χ2n) is 8.40. The van der Waals surface area contributed by atoms with Crippen molar-refractivity contribution in [2.75, 3.05) is 28.4 Å². The quantitative estimate of drug-likeness (QED) is 0.480. The van der Waals surface area contributed by atoms with Gasteiger partial charge in [-0.25, -0.2) is 0 Å². The first-order chi connectivity index (χ1) is 17.2. The minimum Gasteiger partial charge on any atom is -0.496 e. The number of ether oxygens (including phenoxy) is 4. The van der Waals surface area contributed by atoms with Gasteiger partial charge in [-0.05, 0) is 53.8 Å². The van der Waals surface area contributed by atoms with Gasteiger partial charge in [0.2, 0.25) is 5.75 Å². The number of fused-ring (bicyclic) bond motifs is 1. The van der Waals surface area contributed by atoms with Crippen LogP contribution in [0.15, 0.2) is 30.3 Å². The highest BCUT2D eigenvalue weighted by Gasteiger charge is 2.26. The Morgan fingerprint density at radius 2 is 1.67 bits per heavy atom. The third kappa shape index (κ3) is 5.68. The highest BCUT2D eigenvalue weighted by molar-refractivity contribution is 6.03. The Balaban J connectivity index is 2.09. The van der Waals surface area contributed by atoms with Gasteiger partial charge in [-0.1, -0.05) is 6.07 Å². The third-order valence-corrected chi connectivity index (χ3v) is 6.19. The maximum absolute atomic E-state index is 12.7. The van der Waals surface area contributed by atoms with E-state index in [1.165, 1.54) is 21.3 Å². The molecule has 9 nitrogen and oxygen atoms in total. The largest absolute Gasteiger partial charge is 0.496 e. The first-order valence-corrected chi connectivity index (χ1v) is 11.5. The summed E-state index contributed by atoms with van der Waals surface area (Å²) in [6.45, 7) is 0. The van der Waals surface area contributed by atoms with Gasteiger partial charge in [0.05, 0.1) is 34.5 Å². The highest BCUT2D eigenvalue weighted by atomic mass is 16.5. The van der Waals surface area contributed by atoms with Crippen LogP contribution in [0.25, 0.3) is 5.57 Å². The zero-order valence-electron chi connectivity index (χ0n) is 20.9. The number of allylic oxidation sites excluding steroid dienone is 1. The van der Waals surface area contributed by atoms with Gasteiger partial charge in [0.25, 0.3) is 0 Å². The standard InChI is InChI=1S/C27H31NO8/c1-33-23-9-5-15(11-16(23)12-22(30)21(28)8-10-25(31)32)19-13-17(29)6-7-18-20(19)14-24(34-2)27(36-4)26(18)35-3/h5,9,11,13-14,21H,6-8,10,12,28H2,1-4H3,(H,31,32)/t21-/m1/s1. The van der Waals surface area contributed by atoms with E-state index < -0.39 is 12.0 Å². The second-order valence-corrected chi connectivity index (χ2v) is 8.40. The molecule has 0 aromatic heterocycles. The van der Waals surface area contributed by atoms with Crippen LogP contribution in [-0.4, -0.2) is 57.1 Å². The SMILES string of the molecule is COc1ccc(C2=CC(=O)CCc3c2cc(OC)c(OC)c3OC)cc1CC(=O)[C@H](N)CCC(=O)O. The summed E-state index contributed by atoms with van der Waals surface area (Å²) in [5.74, 6) is 0.537. The topological polar surface area (TPSA) is 134 Å². The lowest BCUT2D eigenvalue weighted by Gasteiger charge is -2.20. The van der Waals surface area contributed by atoms with Gasteiger partial charge in [0, 0.05) is 30.4 Å². The lowest BCUT2D eigenvalue weighted by molar-refractivity contribution is -0.137. The van der Waals surface area contributed by atoms with Crippen molar-refractivity contribution in [1.29, 1.82) is 0 Å². The molecule has 1 aliphatic carbocycles. The van der Waals surface area contributed by atoms with Crippen molar-refractivity contribution in [3.05, 3.63) is 52.6 Å². The molecule has 36 heavy (non-hydrogen) atoms. The normalized spacial score (nSPS) is 13.7. The van der Waals surface area contributed by atoms with Crippen molar-refractivity contribution in [1.82, 2.24) is 0 Å². The van der Waals surface area contributed by atoms with Crippen LogP contribution in [0.4, 0.5) is 0 Å². The first kappa shape index (κ1) is 26.7. The molecule has 9 heteroatoms. The van der Waals surface area contributed by atoms with Crippen LogP contribution in [0.2, 0.25) is 0 Å². The molecule has 1 aliphatic rings. The molecule has 3 rings (SSSR count). The number of Topliss-reactive ketones (excluding diaryl/α,β-unsaturated/α-hetero) is 1. The Morgan fingerprint density at radius 3 is 2.28 bits per heavy atom. The Labute approximate surface area is 209 Å². The minimum absolute atomic E-state index is 0.0405. The van der Waals surface area contributed by atoms with Crippen molar-refractivity contribution in [3.63, 3.8) is 0 Å². The number of benzene rings is 2. The number of hydrogen-bond donors (Lipinski definition) is 2. The number of carbonyl (C=O) groups is 3. The summed E-state index contributed by atoms with van der Waals surface area (Å²) in [7, 11) is 6.09. The number of ketones is 2. The van der Waals surface area contributed by atoms with Gasteiger partial charge in [-0.3, -0.25) is 14.4 Å². The van der Waals surface area contributed by atoms with E-state index in [9.17, 15) is 14.4 Å². The van der Waals surface area contributed by atoms with E-state index in [0.717, 1.165) is 11.1 Å². The molecule has 0 heterocycles. The molecule has 2 aromatic rings. The average Bonchev–Trinajstić information content (AvgIpc) is 3.04. The summed E-state index contributed by atoms with van der Waals surface area (Å²) < 4.78 is 22.2. The van der Waals surface area contributed by atoms with Crippen molar-refractivity contribution in [2.24, 2.45) is 5.73 Å². The van der Waals surface area contributed by atoms with E-state index in [1.54, 1.807) is 25.3 Å². The van der Waals surface area contributed by atoms with Crippen molar-refractivity contribution in [2.45, 2.75) is 38.1 Å². The molecule has 0 amide bonds. The van der Waals surface area contributed by atoms with Crippen molar-refractivity contribution in [3.8, 4) is 23.0 Å². The zero-order valence-corrected chi connectivity index (χ0v) is 20.9. The summed E-state index contributed by atoms with van der Waals surface area (Å²) in [6.07, 6.45) is 2.15. The molecule has 0 fully saturated rings. The number of nitrogens with two attached hydrogens (primary N) is 1. The summed E-state index contributed by atoms with van der Waals surface area (Å²) in [5, 5.41) is 8.88. The molecular formula is C27H31NO8. The first-order valence-electron chi connectivity index (χ1n) is 11.5.